The Morgan fingerprint density at radius 2 is 2.06 bits per heavy atom. The lowest BCUT2D eigenvalue weighted by molar-refractivity contribution is 0.00688. The van der Waals surface area contributed by atoms with Crippen LogP contribution in [0.25, 0.3) is 6.08 Å². The van der Waals surface area contributed by atoms with Crippen molar-refractivity contribution >= 4 is 12.0 Å². The Hall–Kier alpha value is -1.64. The number of halogens is 1. The van der Waals surface area contributed by atoms with E-state index in [0.29, 0.717) is 5.56 Å². The van der Waals surface area contributed by atoms with Gasteiger partial charge in [-0.1, -0.05) is 18.7 Å². The molecule has 1 rings (SSSR count). The minimum atomic E-state index is -0.595. The predicted octanol–water partition coefficient (Wildman–Crippen LogP) is 3.42. The summed E-state index contributed by atoms with van der Waals surface area (Å²) in [4.78, 5) is 11.8. The van der Waals surface area contributed by atoms with E-state index in [4.69, 9.17) is 4.74 Å². The second-order valence-corrected chi connectivity index (χ2v) is 4.44. The first-order chi connectivity index (χ1) is 7.33. The summed E-state index contributed by atoms with van der Waals surface area (Å²) in [6, 6.07) is 3.94. The molecule has 0 atom stereocenters. The predicted molar refractivity (Wildman–Crippen MR) is 61.7 cm³/mol. The summed E-state index contributed by atoms with van der Waals surface area (Å²) in [6.45, 7) is 8.85. The lowest BCUT2D eigenvalue weighted by Gasteiger charge is -2.20. The van der Waals surface area contributed by atoms with E-state index >= 15 is 0 Å². The van der Waals surface area contributed by atoms with Crippen molar-refractivity contribution < 1.29 is 13.9 Å². The van der Waals surface area contributed by atoms with E-state index in [9.17, 15) is 9.18 Å². The monoisotopic (exact) mass is 222 g/mol. The topological polar surface area (TPSA) is 26.3 Å². The van der Waals surface area contributed by atoms with E-state index in [-0.39, 0.29) is 5.56 Å². The normalized spacial score (nSPS) is 11.0. The van der Waals surface area contributed by atoms with Crippen molar-refractivity contribution in [1.82, 2.24) is 0 Å². The van der Waals surface area contributed by atoms with Crippen molar-refractivity contribution in [2.24, 2.45) is 0 Å². The van der Waals surface area contributed by atoms with Crippen LogP contribution in [0.4, 0.5) is 4.39 Å². The molecule has 0 heterocycles. The quantitative estimate of drug-likeness (QED) is 0.716. The summed E-state index contributed by atoms with van der Waals surface area (Å²) in [5.74, 6) is -1.01. The summed E-state index contributed by atoms with van der Waals surface area (Å²) in [7, 11) is 0. The zero-order valence-electron chi connectivity index (χ0n) is 9.71. The molecule has 0 amide bonds. The molecule has 0 saturated carbocycles. The van der Waals surface area contributed by atoms with Crippen LogP contribution in [-0.4, -0.2) is 11.6 Å². The Morgan fingerprint density at radius 3 is 2.56 bits per heavy atom. The first-order valence-corrected chi connectivity index (χ1v) is 4.99. The van der Waals surface area contributed by atoms with Gasteiger partial charge in [-0.3, -0.25) is 0 Å². The summed E-state index contributed by atoms with van der Waals surface area (Å²) < 4.78 is 18.2. The van der Waals surface area contributed by atoms with Crippen LogP contribution in [0.3, 0.4) is 0 Å². The van der Waals surface area contributed by atoms with Crippen LogP contribution < -0.4 is 0 Å². The van der Waals surface area contributed by atoms with Crippen LogP contribution >= 0.6 is 0 Å². The fourth-order valence-corrected chi connectivity index (χ4v) is 1.22. The molecule has 0 fully saturated rings. The molecule has 3 heteroatoms. The molecule has 0 aliphatic carbocycles. The van der Waals surface area contributed by atoms with Crippen molar-refractivity contribution in [2.45, 2.75) is 26.4 Å². The number of hydrogen-bond acceptors (Lipinski definition) is 2. The highest BCUT2D eigenvalue weighted by atomic mass is 19.1. The van der Waals surface area contributed by atoms with Gasteiger partial charge in [-0.05, 0) is 38.5 Å². The highest BCUT2D eigenvalue weighted by Crippen LogP contribution is 2.17. The van der Waals surface area contributed by atoms with Crippen LogP contribution in [-0.2, 0) is 4.74 Å². The van der Waals surface area contributed by atoms with Gasteiger partial charge in [0.15, 0.2) is 0 Å². The summed E-state index contributed by atoms with van der Waals surface area (Å²) in [5.41, 5.74) is 0.169. The SMILES string of the molecule is C=Cc1ccc(F)cc1C(=O)OC(C)(C)C. The van der Waals surface area contributed by atoms with Crippen molar-refractivity contribution in [3.63, 3.8) is 0 Å². The average molecular weight is 222 g/mol. The lowest BCUT2D eigenvalue weighted by atomic mass is 10.1. The second kappa shape index (κ2) is 4.47. The molecule has 0 radical (unpaired) electrons. The van der Waals surface area contributed by atoms with E-state index in [1.165, 1.54) is 18.2 Å². The Kier molecular flexibility index (Phi) is 3.48. The molecular weight excluding hydrogens is 207 g/mol. The molecular formula is C13H15FO2. The van der Waals surface area contributed by atoms with E-state index < -0.39 is 17.4 Å². The summed E-state index contributed by atoms with van der Waals surface area (Å²) >= 11 is 0. The first-order valence-electron chi connectivity index (χ1n) is 4.99. The van der Waals surface area contributed by atoms with Crippen molar-refractivity contribution in [3.8, 4) is 0 Å². The van der Waals surface area contributed by atoms with Gasteiger partial charge < -0.3 is 4.74 Å². The first kappa shape index (κ1) is 12.4. The second-order valence-electron chi connectivity index (χ2n) is 4.44. The minimum absolute atomic E-state index is 0.199. The van der Waals surface area contributed by atoms with Crippen LogP contribution in [0.1, 0.15) is 36.7 Å². The van der Waals surface area contributed by atoms with Gasteiger partial charge in [0.2, 0.25) is 0 Å². The van der Waals surface area contributed by atoms with Crippen LogP contribution in [0.5, 0.6) is 0 Å². The molecule has 0 aromatic heterocycles. The number of carbonyl (C=O) groups is 1. The molecule has 1 aromatic carbocycles. The zero-order valence-corrected chi connectivity index (χ0v) is 9.71. The van der Waals surface area contributed by atoms with Crippen molar-refractivity contribution in [3.05, 3.63) is 41.7 Å². The lowest BCUT2D eigenvalue weighted by Crippen LogP contribution is -2.24. The number of ether oxygens (including phenoxy) is 1. The highest BCUT2D eigenvalue weighted by Gasteiger charge is 2.19. The highest BCUT2D eigenvalue weighted by molar-refractivity contribution is 5.93. The van der Waals surface area contributed by atoms with Crippen molar-refractivity contribution in [1.29, 1.82) is 0 Å². The van der Waals surface area contributed by atoms with Crippen LogP contribution in [0, 0.1) is 5.82 Å². The standard InChI is InChI=1S/C13H15FO2/c1-5-9-6-7-10(14)8-11(9)12(15)16-13(2,3)4/h5-8H,1H2,2-4H3. The van der Waals surface area contributed by atoms with Crippen LogP contribution in [0.15, 0.2) is 24.8 Å². The third-order valence-corrected chi connectivity index (χ3v) is 1.85. The van der Waals surface area contributed by atoms with Gasteiger partial charge in [0.1, 0.15) is 11.4 Å². The maximum atomic E-state index is 13.0. The van der Waals surface area contributed by atoms with Gasteiger partial charge >= 0.3 is 5.97 Å². The van der Waals surface area contributed by atoms with Gasteiger partial charge in [-0.25, -0.2) is 9.18 Å². The van der Waals surface area contributed by atoms with Gasteiger partial charge in [0.05, 0.1) is 5.56 Å². The van der Waals surface area contributed by atoms with Gasteiger partial charge in [-0.15, -0.1) is 0 Å². The molecule has 1 aromatic rings. The molecule has 2 nitrogen and oxygen atoms in total. The van der Waals surface area contributed by atoms with Gasteiger partial charge in [0, 0.05) is 0 Å². The number of hydrogen-bond donors (Lipinski definition) is 0. The average Bonchev–Trinajstić information content (AvgIpc) is 2.15. The summed E-state index contributed by atoms with van der Waals surface area (Å²) in [6.07, 6.45) is 1.50. The third-order valence-electron chi connectivity index (χ3n) is 1.85. The molecule has 0 aliphatic rings. The van der Waals surface area contributed by atoms with E-state index in [1.54, 1.807) is 20.8 Å². The van der Waals surface area contributed by atoms with E-state index in [2.05, 4.69) is 6.58 Å². The van der Waals surface area contributed by atoms with Gasteiger partial charge in [0.25, 0.3) is 0 Å². The number of benzene rings is 1. The molecule has 0 aliphatic heterocycles. The van der Waals surface area contributed by atoms with Crippen molar-refractivity contribution in [2.75, 3.05) is 0 Å². The van der Waals surface area contributed by atoms with E-state index in [0.717, 1.165) is 6.07 Å². The molecule has 0 unspecified atom stereocenters. The molecule has 16 heavy (non-hydrogen) atoms. The number of rotatable bonds is 2. The fraction of sp³-hybridized carbons (Fsp3) is 0.308. The maximum Gasteiger partial charge on any atom is 0.339 e. The Balaban J connectivity index is 3.07. The summed E-state index contributed by atoms with van der Waals surface area (Å²) in [5, 5.41) is 0. The molecule has 86 valence electrons. The third kappa shape index (κ3) is 3.19. The maximum absolute atomic E-state index is 13.0. The molecule has 0 saturated heterocycles. The Morgan fingerprint density at radius 1 is 1.44 bits per heavy atom. The zero-order chi connectivity index (χ0) is 12.3. The minimum Gasteiger partial charge on any atom is -0.456 e. The Bertz CT molecular complexity index is 416. The Labute approximate surface area is 94.7 Å². The largest absolute Gasteiger partial charge is 0.456 e. The van der Waals surface area contributed by atoms with Gasteiger partial charge in [-0.2, -0.15) is 0 Å². The number of esters is 1. The molecule has 0 N–H and O–H groups in total. The molecule has 0 spiro atoms. The number of carbonyl (C=O) groups excluding carboxylic acids is 1. The smallest absolute Gasteiger partial charge is 0.339 e. The van der Waals surface area contributed by atoms with E-state index in [1.807, 2.05) is 0 Å². The fourth-order valence-electron chi connectivity index (χ4n) is 1.22. The van der Waals surface area contributed by atoms with Crippen LogP contribution in [0.2, 0.25) is 0 Å². The molecule has 0 bridgehead atoms.